The van der Waals surface area contributed by atoms with Crippen molar-refractivity contribution in [1.29, 1.82) is 0 Å². The molecule has 0 spiro atoms. The highest BCUT2D eigenvalue weighted by atomic mass is 19.1. The third-order valence-corrected chi connectivity index (χ3v) is 9.01. The third-order valence-electron chi connectivity index (χ3n) is 9.01. The van der Waals surface area contributed by atoms with Crippen LogP contribution in [0.25, 0.3) is 11.3 Å². The number of Topliss-reactive ketones (excluding diaryl/α,β-unsaturated/α-hetero) is 2. The normalized spacial score (nSPS) is 22.0. The van der Waals surface area contributed by atoms with Crippen LogP contribution in [0.3, 0.4) is 0 Å². The van der Waals surface area contributed by atoms with E-state index in [-0.39, 0.29) is 53.9 Å². The number of ketones is 2. The number of aromatic nitrogens is 3. The Kier molecular flexibility index (Phi) is 8.74. The van der Waals surface area contributed by atoms with Crippen molar-refractivity contribution in [3.8, 4) is 17.2 Å². The summed E-state index contributed by atoms with van der Waals surface area (Å²) in [6, 6.07) is 6.45. The Labute approximate surface area is 256 Å². The van der Waals surface area contributed by atoms with Crippen molar-refractivity contribution in [1.82, 2.24) is 20.0 Å². The fourth-order valence-electron chi connectivity index (χ4n) is 6.60. The average Bonchev–Trinajstić information content (AvgIpc) is 3.41. The molecule has 0 atom stereocenters. The van der Waals surface area contributed by atoms with Crippen molar-refractivity contribution < 1.29 is 32.7 Å². The van der Waals surface area contributed by atoms with E-state index in [2.05, 4.69) is 20.0 Å². The number of aliphatic hydroxyl groups is 1. The Morgan fingerprint density at radius 2 is 1.82 bits per heavy atom. The number of hydrogen-bond acceptors (Lipinski definition) is 9. The first kappa shape index (κ1) is 31.8. The Hall–Kier alpha value is -3.57. The molecule has 1 saturated carbocycles. The Morgan fingerprint density at radius 1 is 1.11 bits per heavy atom. The predicted octanol–water partition coefficient (Wildman–Crippen LogP) is 5.62. The van der Waals surface area contributed by atoms with Crippen LogP contribution in [0.2, 0.25) is 0 Å². The number of likely N-dealkylation sites (tertiary alicyclic amines) is 1. The highest BCUT2D eigenvalue weighted by molar-refractivity contribution is 5.96. The molecule has 1 N–H and O–H groups in total. The van der Waals surface area contributed by atoms with Gasteiger partial charge in [-0.1, -0.05) is 19.0 Å². The molecule has 11 heteroatoms. The van der Waals surface area contributed by atoms with Gasteiger partial charge in [0.15, 0.2) is 11.5 Å². The van der Waals surface area contributed by atoms with Crippen LogP contribution in [-0.4, -0.2) is 68.5 Å². The van der Waals surface area contributed by atoms with Crippen molar-refractivity contribution in [2.24, 2.45) is 5.41 Å². The summed E-state index contributed by atoms with van der Waals surface area (Å²) in [7, 11) is 1.54. The number of carbonyl (C=O) groups is 2. The molecule has 2 fully saturated rings. The second-order valence-corrected chi connectivity index (χ2v) is 13.6. The zero-order valence-corrected chi connectivity index (χ0v) is 26.0. The minimum Gasteiger partial charge on any atom is -0.481 e. The second kappa shape index (κ2) is 12.1. The molecule has 0 bridgehead atoms. The van der Waals surface area contributed by atoms with Crippen LogP contribution in [0.15, 0.2) is 34.9 Å². The lowest BCUT2D eigenvalue weighted by Crippen LogP contribution is -2.62. The molecule has 1 aliphatic carbocycles. The number of ether oxygens (including phenoxy) is 1. The number of carbonyl (C=O) groups excluding carboxylic acids is 2. The van der Waals surface area contributed by atoms with Gasteiger partial charge < -0.3 is 14.4 Å². The Balaban J connectivity index is 1.32. The first-order chi connectivity index (χ1) is 20.7. The largest absolute Gasteiger partial charge is 0.481 e. The lowest BCUT2D eigenvalue weighted by atomic mass is 9.68. The lowest BCUT2D eigenvalue weighted by Gasteiger charge is -2.54. The highest BCUT2D eigenvalue weighted by Gasteiger charge is 2.49. The number of benzene rings is 1. The summed E-state index contributed by atoms with van der Waals surface area (Å²) in [5.74, 6) is -0.887. The molecule has 5 rings (SSSR count). The fourth-order valence-corrected chi connectivity index (χ4v) is 6.60. The van der Waals surface area contributed by atoms with E-state index < -0.39 is 28.1 Å². The van der Waals surface area contributed by atoms with Crippen molar-refractivity contribution in [2.45, 2.75) is 89.7 Å². The summed E-state index contributed by atoms with van der Waals surface area (Å²) in [6.07, 6.45) is 3.53. The second-order valence-electron chi connectivity index (χ2n) is 13.6. The number of hydrogen-bond donors (Lipinski definition) is 1. The lowest BCUT2D eigenvalue weighted by molar-refractivity contribution is -0.128. The number of halogens is 2. The van der Waals surface area contributed by atoms with Crippen LogP contribution in [-0.2, 0) is 10.2 Å². The van der Waals surface area contributed by atoms with Crippen molar-refractivity contribution in [2.75, 3.05) is 20.2 Å². The van der Waals surface area contributed by atoms with Crippen LogP contribution in [0.5, 0.6) is 5.88 Å². The quantitative estimate of drug-likeness (QED) is 0.276. The van der Waals surface area contributed by atoms with Gasteiger partial charge in [0, 0.05) is 73.1 Å². The molecule has 44 heavy (non-hydrogen) atoms. The minimum atomic E-state index is -0.818. The van der Waals surface area contributed by atoms with Gasteiger partial charge in [0.25, 0.3) is 0 Å². The van der Waals surface area contributed by atoms with Gasteiger partial charge in [-0.2, -0.15) is 4.98 Å². The summed E-state index contributed by atoms with van der Waals surface area (Å²) >= 11 is 0. The summed E-state index contributed by atoms with van der Waals surface area (Å²) < 4.78 is 38.3. The maximum absolute atomic E-state index is 14.3. The monoisotopic (exact) mass is 610 g/mol. The van der Waals surface area contributed by atoms with E-state index in [1.165, 1.54) is 19.2 Å². The van der Waals surface area contributed by atoms with Crippen LogP contribution < -0.4 is 4.74 Å². The van der Waals surface area contributed by atoms with Crippen molar-refractivity contribution in [3.63, 3.8) is 0 Å². The molecule has 0 radical (unpaired) electrons. The molecule has 3 aromatic rings. The zero-order chi connectivity index (χ0) is 31.9. The molecule has 2 aliphatic rings. The van der Waals surface area contributed by atoms with Gasteiger partial charge in [0.1, 0.15) is 28.9 Å². The van der Waals surface area contributed by atoms with Gasteiger partial charge >= 0.3 is 0 Å². The highest BCUT2D eigenvalue weighted by Crippen LogP contribution is 2.44. The first-order valence-electron chi connectivity index (χ1n) is 15.0. The molecule has 1 aromatic carbocycles. The van der Waals surface area contributed by atoms with E-state index in [0.717, 1.165) is 30.7 Å². The molecule has 1 aliphatic heterocycles. The van der Waals surface area contributed by atoms with Gasteiger partial charge in [-0.15, -0.1) is 0 Å². The van der Waals surface area contributed by atoms with Crippen molar-refractivity contribution in [3.05, 3.63) is 59.2 Å². The molecule has 2 aromatic heterocycles. The van der Waals surface area contributed by atoms with Gasteiger partial charge in [-0.25, -0.2) is 13.8 Å². The first-order valence-corrected chi connectivity index (χ1v) is 15.0. The summed E-state index contributed by atoms with van der Waals surface area (Å²) in [4.78, 5) is 38.5. The standard InChI is InChI=1S/C33H40F2N4O5/c1-20-12-29(43-5)37-30(36-20)31(2,3)15-23(40)16-33(18-39(19-33)22-8-10-32(4,42)11-9-22)17-27(41)26-14-28(44-38-26)24-7-6-21(34)13-25(24)35/h6-7,12-14,22,42H,8-11,15-19H2,1-5H3. The van der Waals surface area contributed by atoms with E-state index in [1.54, 1.807) is 6.07 Å². The topological polar surface area (TPSA) is 119 Å². The Morgan fingerprint density at radius 3 is 2.48 bits per heavy atom. The van der Waals surface area contributed by atoms with Crippen LogP contribution in [0.1, 0.15) is 87.7 Å². The van der Waals surface area contributed by atoms with E-state index in [9.17, 15) is 23.5 Å². The van der Waals surface area contributed by atoms with E-state index in [1.807, 2.05) is 27.7 Å². The fraction of sp³-hybridized carbons (Fsp3) is 0.545. The minimum absolute atomic E-state index is 0.00284. The molecule has 236 valence electrons. The number of rotatable bonds is 11. The maximum atomic E-state index is 14.3. The number of nitrogens with zero attached hydrogens (tertiary/aromatic N) is 4. The summed E-state index contributed by atoms with van der Waals surface area (Å²) in [6.45, 7) is 8.67. The van der Waals surface area contributed by atoms with Gasteiger partial charge in [0.05, 0.1) is 18.3 Å². The zero-order valence-electron chi connectivity index (χ0n) is 26.0. The molecule has 0 unspecified atom stereocenters. The van der Waals surface area contributed by atoms with E-state index in [0.29, 0.717) is 37.6 Å². The molecule has 3 heterocycles. The molecule has 0 amide bonds. The third kappa shape index (κ3) is 7.04. The number of methoxy groups -OCH3 is 1. The van der Waals surface area contributed by atoms with Gasteiger partial charge in [-0.05, 0) is 51.7 Å². The van der Waals surface area contributed by atoms with Crippen LogP contribution in [0.4, 0.5) is 8.78 Å². The molecule has 9 nitrogen and oxygen atoms in total. The number of aryl methyl sites for hydroxylation is 1. The van der Waals surface area contributed by atoms with Crippen LogP contribution >= 0.6 is 0 Å². The molecular formula is C33H40F2N4O5. The molecule has 1 saturated heterocycles. The average molecular weight is 611 g/mol. The van der Waals surface area contributed by atoms with E-state index in [4.69, 9.17) is 9.26 Å². The SMILES string of the molecule is COc1cc(C)nc(C(C)(C)CC(=O)CC2(CC(=O)c3cc(-c4ccc(F)cc4F)on3)CN(C3CCC(C)(O)CC3)C2)n1. The maximum Gasteiger partial charge on any atom is 0.216 e. The summed E-state index contributed by atoms with van der Waals surface area (Å²) in [5.41, 5.74) is -1.17. The summed E-state index contributed by atoms with van der Waals surface area (Å²) in [5, 5.41) is 14.3. The smallest absolute Gasteiger partial charge is 0.216 e. The Bertz CT molecular complexity index is 1540. The predicted molar refractivity (Wildman–Crippen MR) is 158 cm³/mol. The van der Waals surface area contributed by atoms with Gasteiger partial charge in [0.2, 0.25) is 5.88 Å². The molecular weight excluding hydrogens is 570 g/mol. The van der Waals surface area contributed by atoms with Gasteiger partial charge in [-0.3, -0.25) is 14.5 Å². The van der Waals surface area contributed by atoms with Crippen molar-refractivity contribution >= 4 is 11.6 Å². The van der Waals surface area contributed by atoms with E-state index >= 15 is 0 Å². The van der Waals surface area contributed by atoms with Crippen LogP contribution in [0, 0.1) is 24.0 Å².